The summed E-state index contributed by atoms with van der Waals surface area (Å²) >= 11 is 0. The summed E-state index contributed by atoms with van der Waals surface area (Å²) in [5.41, 5.74) is 5.04. The normalized spacial score (nSPS) is 17.8. The van der Waals surface area contributed by atoms with Crippen LogP contribution >= 0.6 is 0 Å². The van der Waals surface area contributed by atoms with Gasteiger partial charge in [0.15, 0.2) is 0 Å². The van der Waals surface area contributed by atoms with Gasteiger partial charge in [-0.2, -0.15) is 0 Å². The van der Waals surface area contributed by atoms with Gasteiger partial charge in [0.1, 0.15) is 5.57 Å². The third-order valence-corrected chi connectivity index (χ3v) is 6.37. The molecule has 8 heteroatoms. The van der Waals surface area contributed by atoms with Crippen molar-refractivity contribution in [1.82, 2.24) is 9.88 Å². The van der Waals surface area contributed by atoms with Crippen LogP contribution in [0.4, 0.5) is 16.2 Å². The highest BCUT2D eigenvalue weighted by Gasteiger charge is 2.37. The zero-order valence-electron chi connectivity index (χ0n) is 19.7. The average Bonchev–Trinajstić information content (AvgIpc) is 3.15. The SMILES string of the molecule is Cc1cc(/C=C2\C(=O)NC(=O)N(c3ccccc3)C2=O)c(C)n1-c1ccc(N2CCOCC2)cc1. The number of carbonyl (C=O) groups is 3. The van der Waals surface area contributed by atoms with Crippen molar-refractivity contribution in [1.29, 1.82) is 0 Å². The molecule has 2 aliphatic rings. The molecular weight excluding hydrogens is 444 g/mol. The second-order valence-electron chi connectivity index (χ2n) is 8.57. The second kappa shape index (κ2) is 9.23. The molecule has 0 bridgehead atoms. The van der Waals surface area contributed by atoms with Crippen LogP contribution in [0.1, 0.15) is 17.0 Å². The van der Waals surface area contributed by atoms with Crippen LogP contribution in [-0.2, 0) is 14.3 Å². The molecule has 3 aromatic rings. The van der Waals surface area contributed by atoms with Gasteiger partial charge in [0, 0.05) is 35.9 Å². The smallest absolute Gasteiger partial charge is 0.335 e. The molecule has 1 N–H and O–H groups in total. The van der Waals surface area contributed by atoms with E-state index < -0.39 is 17.8 Å². The highest BCUT2D eigenvalue weighted by Crippen LogP contribution is 2.27. The van der Waals surface area contributed by atoms with Crippen LogP contribution in [0.15, 0.2) is 66.2 Å². The zero-order chi connectivity index (χ0) is 24.5. The molecule has 2 aromatic carbocycles. The lowest BCUT2D eigenvalue weighted by molar-refractivity contribution is -0.122. The topological polar surface area (TPSA) is 83.9 Å². The van der Waals surface area contributed by atoms with E-state index in [0.29, 0.717) is 5.69 Å². The number of nitrogens with one attached hydrogen (secondary N) is 1. The first-order valence-corrected chi connectivity index (χ1v) is 11.5. The van der Waals surface area contributed by atoms with E-state index in [9.17, 15) is 14.4 Å². The molecule has 0 radical (unpaired) electrons. The Morgan fingerprint density at radius 1 is 0.857 bits per heavy atom. The number of urea groups is 1. The molecule has 35 heavy (non-hydrogen) atoms. The van der Waals surface area contributed by atoms with Crippen LogP contribution in [0, 0.1) is 13.8 Å². The summed E-state index contributed by atoms with van der Waals surface area (Å²) in [5.74, 6) is -1.35. The Morgan fingerprint density at radius 3 is 2.20 bits per heavy atom. The number of nitrogens with zero attached hydrogens (tertiary/aromatic N) is 3. The predicted molar refractivity (Wildman–Crippen MR) is 134 cm³/mol. The largest absolute Gasteiger partial charge is 0.378 e. The lowest BCUT2D eigenvalue weighted by Gasteiger charge is -2.29. The maximum absolute atomic E-state index is 13.2. The molecule has 0 saturated carbocycles. The number of hydrogen-bond acceptors (Lipinski definition) is 5. The number of benzene rings is 2. The van der Waals surface area contributed by atoms with Crippen LogP contribution in [0.5, 0.6) is 0 Å². The van der Waals surface area contributed by atoms with Crippen LogP contribution < -0.4 is 15.1 Å². The number of morpholine rings is 1. The zero-order valence-corrected chi connectivity index (χ0v) is 19.7. The molecule has 3 heterocycles. The average molecular weight is 471 g/mol. The lowest BCUT2D eigenvalue weighted by Crippen LogP contribution is -2.54. The maximum atomic E-state index is 13.2. The van der Waals surface area contributed by atoms with Crippen molar-refractivity contribution in [3.63, 3.8) is 0 Å². The van der Waals surface area contributed by atoms with E-state index in [4.69, 9.17) is 4.74 Å². The van der Waals surface area contributed by atoms with Gasteiger partial charge in [0.05, 0.1) is 18.9 Å². The minimum atomic E-state index is -0.755. The van der Waals surface area contributed by atoms with Gasteiger partial charge in [0.25, 0.3) is 11.8 Å². The summed E-state index contributed by atoms with van der Waals surface area (Å²) in [6.07, 6.45) is 1.56. The quantitative estimate of drug-likeness (QED) is 0.465. The number of anilines is 2. The van der Waals surface area contributed by atoms with Crippen LogP contribution in [-0.4, -0.2) is 48.7 Å². The number of amides is 4. The molecule has 0 aliphatic carbocycles. The minimum Gasteiger partial charge on any atom is -0.378 e. The van der Waals surface area contributed by atoms with E-state index in [-0.39, 0.29) is 5.57 Å². The van der Waals surface area contributed by atoms with Gasteiger partial charge in [0.2, 0.25) is 0 Å². The summed E-state index contributed by atoms with van der Waals surface area (Å²) < 4.78 is 7.52. The molecule has 0 atom stereocenters. The fourth-order valence-electron chi connectivity index (χ4n) is 4.59. The molecule has 2 saturated heterocycles. The van der Waals surface area contributed by atoms with E-state index in [0.717, 1.165) is 59.5 Å². The first-order valence-electron chi connectivity index (χ1n) is 11.5. The number of para-hydroxylation sites is 1. The molecular formula is C27H26N4O4. The number of imide groups is 2. The second-order valence-corrected chi connectivity index (χ2v) is 8.57. The first kappa shape index (κ1) is 22.6. The monoisotopic (exact) mass is 470 g/mol. The molecule has 2 aliphatic heterocycles. The fourth-order valence-corrected chi connectivity index (χ4v) is 4.59. The fraction of sp³-hybridized carbons (Fsp3) is 0.222. The van der Waals surface area contributed by atoms with E-state index in [1.54, 1.807) is 36.4 Å². The standard InChI is InChI=1S/C27H26N4O4/c1-18-16-20(17-24-25(32)28-27(34)31(26(24)33)22-6-4-3-5-7-22)19(2)30(18)23-10-8-21(9-11-23)29-12-14-35-15-13-29/h3-11,16-17H,12-15H2,1-2H3,(H,28,32,34)/b24-17+. The van der Waals surface area contributed by atoms with Crippen molar-refractivity contribution >= 4 is 35.3 Å². The van der Waals surface area contributed by atoms with E-state index in [1.165, 1.54) is 0 Å². The molecule has 5 rings (SSSR count). The Balaban J connectivity index is 1.46. The van der Waals surface area contributed by atoms with E-state index in [2.05, 4.69) is 39.0 Å². The van der Waals surface area contributed by atoms with Gasteiger partial charge in [-0.3, -0.25) is 14.9 Å². The van der Waals surface area contributed by atoms with Crippen LogP contribution in [0.25, 0.3) is 11.8 Å². The number of barbiturate groups is 1. The van der Waals surface area contributed by atoms with Crippen LogP contribution in [0.2, 0.25) is 0 Å². The Morgan fingerprint density at radius 2 is 1.51 bits per heavy atom. The molecule has 0 unspecified atom stereocenters. The molecule has 4 amide bonds. The van der Waals surface area contributed by atoms with Crippen molar-refractivity contribution in [2.45, 2.75) is 13.8 Å². The summed E-state index contributed by atoms with van der Waals surface area (Å²) in [6.45, 7) is 7.13. The Kier molecular flexibility index (Phi) is 5.96. The third kappa shape index (κ3) is 4.24. The number of aromatic nitrogens is 1. The van der Waals surface area contributed by atoms with Crippen molar-refractivity contribution in [2.75, 3.05) is 36.1 Å². The minimum absolute atomic E-state index is 0.0867. The maximum Gasteiger partial charge on any atom is 0.335 e. The summed E-state index contributed by atoms with van der Waals surface area (Å²) in [6, 6.07) is 18.1. The number of carbonyl (C=O) groups excluding carboxylic acids is 3. The van der Waals surface area contributed by atoms with Gasteiger partial charge in [-0.1, -0.05) is 18.2 Å². The van der Waals surface area contributed by atoms with Gasteiger partial charge < -0.3 is 14.2 Å². The highest BCUT2D eigenvalue weighted by atomic mass is 16.5. The molecule has 0 spiro atoms. The highest BCUT2D eigenvalue weighted by molar-refractivity contribution is 6.39. The molecule has 1 aromatic heterocycles. The Hall–Kier alpha value is -4.17. The van der Waals surface area contributed by atoms with Crippen LogP contribution in [0.3, 0.4) is 0 Å². The molecule has 178 valence electrons. The van der Waals surface area contributed by atoms with Crippen molar-refractivity contribution in [3.05, 3.63) is 83.2 Å². The van der Waals surface area contributed by atoms with Crippen molar-refractivity contribution in [2.24, 2.45) is 0 Å². The van der Waals surface area contributed by atoms with E-state index in [1.807, 2.05) is 19.9 Å². The summed E-state index contributed by atoms with van der Waals surface area (Å²) in [7, 11) is 0. The number of ether oxygens (including phenoxy) is 1. The van der Waals surface area contributed by atoms with Crippen molar-refractivity contribution < 1.29 is 19.1 Å². The number of aryl methyl sites for hydroxylation is 1. The van der Waals surface area contributed by atoms with Gasteiger partial charge in [-0.15, -0.1) is 0 Å². The van der Waals surface area contributed by atoms with Gasteiger partial charge in [-0.05, 0) is 68.0 Å². The van der Waals surface area contributed by atoms with Crippen molar-refractivity contribution in [3.8, 4) is 5.69 Å². The third-order valence-electron chi connectivity index (χ3n) is 6.37. The Bertz CT molecular complexity index is 1320. The lowest BCUT2D eigenvalue weighted by atomic mass is 10.1. The number of rotatable bonds is 4. The summed E-state index contributed by atoms with van der Waals surface area (Å²) in [4.78, 5) is 41.4. The molecule has 2 fully saturated rings. The van der Waals surface area contributed by atoms with Gasteiger partial charge >= 0.3 is 6.03 Å². The molecule has 8 nitrogen and oxygen atoms in total. The number of hydrogen-bond donors (Lipinski definition) is 1. The predicted octanol–water partition coefficient (Wildman–Crippen LogP) is 3.60. The Labute approximate surface area is 203 Å². The van der Waals surface area contributed by atoms with E-state index >= 15 is 0 Å². The first-order chi connectivity index (χ1) is 16.9. The summed E-state index contributed by atoms with van der Waals surface area (Å²) in [5, 5.41) is 2.28. The van der Waals surface area contributed by atoms with Gasteiger partial charge in [-0.25, -0.2) is 9.69 Å².